The minimum atomic E-state index is -4.44. The lowest BCUT2D eigenvalue weighted by Gasteiger charge is -2.08. The molecule has 2 N–H and O–H groups in total. The van der Waals surface area contributed by atoms with E-state index in [1.807, 2.05) is 30.3 Å². The Bertz CT molecular complexity index is 1080. The lowest BCUT2D eigenvalue weighted by atomic mass is 10.1. The summed E-state index contributed by atoms with van der Waals surface area (Å²) in [7, 11) is 0. The van der Waals surface area contributed by atoms with E-state index >= 15 is 0 Å². The minimum Gasteiger partial charge on any atom is -0.356 e. The third-order valence-electron chi connectivity index (χ3n) is 4.60. The van der Waals surface area contributed by atoms with Crippen LogP contribution in [0.15, 0.2) is 59.4 Å². The van der Waals surface area contributed by atoms with Crippen molar-refractivity contribution in [3.63, 3.8) is 0 Å². The molecule has 0 aliphatic heterocycles. The van der Waals surface area contributed by atoms with Crippen molar-refractivity contribution in [2.24, 2.45) is 0 Å². The predicted molar refractivity (Wildman–Crippen MR) is 108 cm³/mol. The first-order valence-corrected chi connectivity index (χ1v) is 9.73. The van der Waals surface area contributed by atoms with Crippen molar-refractivity contribution in [1.29, 1.82) is 0 Å². The number of hydrogen-bond acceptors (Lipinski definition) is 4. The third kappa shape index (κ3) is 6.77. The minimum absolute atomic E-state index is 0.00636. The molecule has 0 aliphatic rings. The Kier molecular flexibility index (Phi) is 7.17. The van der Waals surface area contributed by atoms with E-state index in [1.54, 1.807) is 0 Å². The number of benzene rings is 2. The summed E-state index contributed by atoms with van der Waals surface area (Å²) in [6.07, 6.45) is -3.53. The Balaban J connectivity index is 1.51. The van der Waals surface area contributed by atoms with Crippen LogP contribution in [0.2, 0.25) is 0 Å². The van der Waals surface area contributed by atoms with Crippen molar-refractivity contribution in [3.8, 4) is 0 Å². The van der Waals surface area contributed by atoms with Crippen LogP contribution < -0.4 is 10.9 Å². The Morgan fingerprint density at radius 3 is 2.42 bits per heavy atom. The number of aromatic amines is 1. The van der Waals surface area contributed by atoms with Crippen molar-refractivity contribution in [2.75, 3.05) is 6.54 Å². The summed E-state index contributed by atoms with van der Waals surface area (Å²) in [5, 5.41) is 10.5. The Morgan fingerprint density at radius 2 is 1.71 bits per heavy atom. The van der Waals surface area contributed by atoms with E-state index in [9.17, 15) is 22.8 Å². The fourth-order valence-electron chi connectivity index (χ4n) is 3.00. The van der Waals surface area contributed by atoms with Gasteiger partial charge in [0.25, 0.3) is 5.56 Å². The van der Waals surface area contributed by atoms with Crippen LogP contribution in [0.1, 0.15) is 34.6 Å². The zero-order chi connectivity index (χ0) is 22.3. The largest absolute Gasteiger partial charge is 0.416 e. The molecule has 31 heavy (non-hydrogen) atoms. The van der Waals surface area contributed by atoms with Gasteiger partial charge < -0.3 is 10.3 Å². The van der Waals surface area contributed by atoms with Gasteiger partial charge in [-0.15, -0.1) is 10.2 Å². The SMILES string of the molecule is O=C(CCc1nnc(Cc2cccc(C(F)(F)F)c2)[nH]c1=O)NCCc1ccccc1. The number of aromatic nitrogens is 3. The number of halogens is 3. The summed E-state index contributed by atoms with van der Waals surface area (Å²) < 4.78 is 38.5. The Morgan fingerprint density at radius 1 is 0.968 bits per heavy atom. The van der Waals surface area contributed by atoms with Gasteiger partial charge in [0.1, 0.15) is 11.5 Å². The van der Waals surface area contributed by atoms with Gasteiger partial charge in [0.2, 0.25) is 5.91 Å². The van der Waals surface area contributed by atoms with E-state index in [0.717, 1.165) is 17.7 Å². The quantitative estimate of drug-likeness (QED) is 0.575. The van der Waals surface area contributed by atoms with Gasteiger partial charge in [0.15, 0.2) is 0 Å². The van der Waals surface area contributed by atoms with Crippen LogP contribution >= 0.6 is 0 Å². The Labute approximate surface area is 176 Å². The molecule has 3 rings (SSSR count). The summed E-state index contributed by atoms with van der Waals surface area (Å²) in [6, 6.07) is 14.5. The van der Waals surface area contributed by atoms with Crippen molar-refractivity contribution in [3.05, 3.63) is 93.2 Å². The lowest BCUT2D eigenvalue weighted by molar-refractivity contribution is -0.137. The van der Waals surface area contributed by atoms with E-state index in [2.05, 4.69) is 20.5 Å². The van der Waals surface area contributed by atoms with Gasteiger partial charge in [-0.05, 0) is 23.6 Å². The second kappa shape index (κ2) is 10.0. The van der Waals surface area contributed by atoms with Crippen LogP contribution in [0, 0.1) is 0 Å². The molecular weight excluding hydrogens is 409 g/mol. The molecule has 1 aromatic heterocycles. The molecule has 0 saturated heterocycles. The zero-order valence-electron chi connectivity index (χ0n) is 16.6. The lowest BCUT2D eigenvalue weighted by Crippen LogP contribution is -2.27. The van der Waals surface area contributed by atoms with Crippen LogP contribution in [-0.2, 0) is 30.2 Å². The third-order valence-corrected chi connectivity index (χ3v) is 4.60. The van der Waals surface area contributed by atoms with Crippen molar-refractivity contribution in [1.82, 2.24) is 20.5 Å². The summed E-state index contributed by atoms with van der Waals surface area (Å²) in [5.74, 6) is -0.0504. The summed E-state index contributed by atoms with van der Waals surface area (Å²) in [5.41, 5.74) is 0.294. The molecule has 0 fully saturated rings. The second-order valence-electron chi connectivity index (χ2n) is 7.01. The molecule has 0 spiro atoms. The highest BCUT2D eigenvalue weighted by atomic mass is 19.4. The molecule has 0 unspecified atom stereocenters. The van der Waals surface area contributed by atoms with Gasteiger partial charge in [-0.1, -0.05) is 48.5 Å². The number of hydrogen-bond donors (Lipinski definition) is 2. The average Bonchev–Trinajstić information content (AvgIpc) is 2.73. The molecule has 9 heteroatoms. The standard InChI is InChI=1S/C22H21F3N4O2/c23-22(24,25)17-8-4-7-16(13-17)14-19-27-21(31)18(28-29-19)9-10-20(30)26-12-11-15-5-2-1-3-6-15/h1-8,13H,9-12,14H2,(H,26,30)(H,27,29,31). The molecular formula is C22H21F3N4O2. The highest BCUT2D eigenvalue weighted by Gasteiger charge is 2.30. The van der Waals surface area contributed by atoms with E-state index in [0.29, 0.717) is 18.5 Å². The highest BCUT2D eigenvalue weighted by Crippen LogP contribution is 2.29. The summed E-state index contributed by atoms with van der Waals surface area (Å²) in [6.45, 7) is 0.487. The zero-order valence-corrected chi connectivity index (χ0v) is 16.6. The van der Waals surface area contributed by atoms with Gasteiger partial charge in [-0.2, -0.15) is 13.2 Å². The number of alkyl halides is 3. The molecule has 3 aromatic rings. The van der Waals surface area contributed by atoms with Crippen molar-refractivity contribution in [2.45, 2.75) is 31.9 Å². The van der Waals surface area contributed by atoms with Gasteiger partial charge in [0, 0.05) is 25.8 Å². The number of amides is 1. The number of nitrogens with zero attached hydrogens (tertiary/aromatic N) is 2. The van der Waals surface area contributed by atoms with Gasteiger partial charge in [0.05, 0.1) is 5.56 Å². The molecule has 0 aliphatic carbocycles. The molecule has 2 aromatic carbocycles. The maximum absolute atomic E-state index is 12.8. The van der Waals surface area contributed by atoms with E-state index in [1.165, 1.54) is 12.1 Å². The van der Waals surface area contributed by atoms with E-state index in [-0.39, 0.29) is 36.7 Å². The number of H-pyrrole nitrogens is 1. The average molecular weight is 430 g/mol. The van der Waals surface area contributed by atoms with Gasteiger partial charge in [-0.3, -0.25) is 9.59 Å². The Hall–Kier alpha value is -3.49. The van der Waals surface area contributed by atoms with E-state index < -0.39 is 17.3 Å². The maximum Gasteiger partial charge on any atom is 0.416 e. The molecule has 0 atom stereocenters. The topological polar surface area (TPSA) is 87.7 Å². The van der Waals surface area contributed by atoms with Gasteiger partial charge >= 0.3 is 6.18 Å². The van der Waals surface area contributed by atoms with Crippen LogP contribution in [0.4, 0.5) is 13.2 Å². The van der Waals surface area contributed by atoms with Crippen LogP contribution in [0.3, 0.4) is 0 Å². The van der Waals surface area contributed by atoms with E-state index in [4.69, 9.17) is 0 Å². The first-order chi connectivity index (χ1) is 14.8. The fraction of sp³-hybridized carbons (Fsp3) is 0.273. The number of rotatable bonds is 8. The molecule has 0 bridgehead atoms. The molecule has 0 saturated carbocycles. The predicted octanol–water partition coefficient (Wildman–Crippen LogP) is 3.07. The number of carbonyl (C=O) groups excluding carboxylic acids is 1. The summed E-state index contributed by atoms with van der Waals surface area (Å²) >= 11 is 0. The monoisotopic (exact) mass is 430 g/mol. The first-order valence-electron chi connectivity index (χ1n) is 9.73. The number of aryl methyl sites for hydroxylation is 1. The van der Waals surface area contributed by atoms with Crippen LogP contribution in [0.5, 0.6) is 0 Å². The van der Waals surface area contributed by atoms with Crippen molar-refractivity contribution < 1.29 is 18.0 Å². The van der Waals surface area contributed by atoms with Gasteiger partial charge in [-0.25, -0.2) is 0 Å². The fourth-order valence-corrected chi connectivity index (χ4v) is 3.00. The van der Waals surface area contributed by atoms with Crippen LogP contribution in [0.25, 0.3) is 0 Å². The van der Waals surface area contributed by atoms with Crippen LogP contribution in [-0.4, -0.2) is 27.6 Å². The number of nitrogens with one attached hydrogen (secondary N) is 2. The second-order valence-corrected chi connectivity index (χ2v) is 7.01. The summed E-state index contributed by atoms with van der Waals surface area (Å²) in [4.78, 5) is 26.7. The normalized spacial score (nSPS) is 11.3. The molecule has 1 amide bonds. The van der Waals surface area contributed by atoms with Crippen molar-refractivity contribution >= 4 is 5.91 Å². The molecule has 6 nitrogen and oxygen atoms in total. The highest BCUT2D eigenvalue weighted by molar-refractivity contribution is 5.76. The first kappa shape index (κ1) is 22.2. The molecule has 1 heterocycles. The molecule has 0 radical (unpaired) electrons. The molecule has 162 valence electrons. The number of carbonyl (C=O) groups is 1. The smallest absolute Gasteiger partial charge is 0.356 e. The maximum atomic E-state index is 12.8.